The van der Waals surface area contributed by atoms with Crippen molar-refractivity contribution in [1.29, 1.82) is 0 Å². The molecule has 0 saturated carbocycles. The van der Waals surface area contributed by atoms with Crippen LogP contribution in [-0.2, 0) is 35.3 Å². The summed E-state index contributed by atoms with van der Waals surface area (Å²) >= 11 is 6.19. The number of aryl methyl sites for hydroxylation is 1. The number of rotatable bonds is 7. The van der Waals surface area contributed by atoms with Crippen LogP contribution in [0.25, 0.3) is 11.3 Å². The number of pyridine rings is 1. The maximum Gasteiger partial charge on any atom is 0.230 e. The van der Waals surface area contributed by atoms with Crippen LogP contribution < -0.4 is 11.5 Å². The Labute approximate surface area is 186 Å². The predicted molar refractivity (Wildman–Crippen MR) is 122 cm³/mol. The predicted octanol–water partition coefficient (Wildman–Crippen LogP) is 3.61. The maximum absolute atomic E-state index is 11.4. The van der Waals surface area contributed by atoms with Gasteiger partial charge < -0.3 is 11.5 Å². The summed E-state index contributed by atoms with van der Waals surface area (Å²) in [5.41, 5.74) is 18.3. The lowest BCUT2D eigenvalue weighted by Gasteiger charge is -2.13. The van der Waals surface area contributed by atoms with Crippen molar-refractivity contribution in [2.45, 2.75) is 32.1 Å². The number of aromatic nitrogens is 1. The number of carbonyl (C=O) groups is 2. The highest BCUT2D eigenvalue weighted by atomic mass is 35.5. The molecule has 0 saturated heterocycles. The Balaban J connectivity index is 1.59. The number of primary amides is 2. The summed E-state index contributed by atoms with van der Waals surface area (Å²) in [5.74, 6) is -2.38. The number of carbonyl (C=O) groups excluding carboxylic acids is 2. The van der Waals surface area contributed by atoms with Crippen LogP contribution in [0, 0.1) is 5.92 Å². The smallest absolute Gasteiger partial charge is 0.230 e. The van der Waals surface area contributed by atoms with Crippen molar-refractivity contribution >= 4 is 23.4 Å². The molecule has 0 unspecified atom stereocenters. The van der Waals surface area contributed by atoms with Crippen molar-refractivity contribution in [3.8, 4) is 11.3 Å². The summed E-state index contributed by atoms with van der Waals surface area (Å²) in [5, 5.41) is 0.696. The lowest BCUT2D eigenvalue weighted by Crippen LogP contribution is -2.36. The Bertz CT molecular complexity index is 1130. The minimum absolute atomic E-state index is 0.217. The Kier molecular flexibility index (Phi) is 6.05. The minimum atomic E-state index is -0.991. The standard InChI is InChI=1S/C25H24ClN3O2/c26-19-4-1-3-17(13-19)23-14-18(20-5-2-6-22(20)29-23)11-15-7-9-16(10-8-15)12-21(24(27)30)25(28)31/h1,3-4,7-10,13-14,21H,2,5-6,11-12H2,(H2,27,30)(H2,28,31). The van der Waals surface area contributed by atoms with Crippen molar-refractivity contribution in [3.63, 3.8) is 0 Å². The first-order chi connectivity index (χ1) is 14.9. The molecule has 1 aromatic heterocycles. The number of benzene rings is 2. The minimum Gasteiger partial charge on any atom is -0.369 e. The summed E-state index contributed by atoms with van der Waals surface area (Å²) < 4.78 is 0. The van der Waals surface area contributed by atoms with E-state index in [1.54, 1.807) is 0 Å². The molecule has 158 valence electrons. The highest BCUT2D eigenvalue weighted by molar-refractivity contribution is 6.30. The van der Waals surface area contributed by atoms with Crippen molar-refractivity contribution in [2.75, 3.05) is 0 Å². The molecule has 0 radical (unpaired) electrons. The largest absolute Gasteiger partial charge is 0.369 e. The lowest BCUT2D eigenvalue weighted by atomic mass is 9.94. The van der Waals surface area contributed by atoms with Gasteiger partial charge in [0, 0.05) is 16.3 Å². The quantitative estimate of drug-likeness (QED) is 0.556. The molecule has 2 aromatic carbocycles. The van der Waals surface area contributed by atoms with Gasteiger partial charge in [-0.15, -0.1) is 0 Å². The first-order valence-corrected chi connectivity index (χ1v) is 10.7. The molecule has 4 rings (SSSR count). The second-order valence-corrected chi connectivity index (χ2v) is 8.45. The Morgan fingerprint density at radius 2 is 1.68 bits per heavy atom. The molecule has 3 aromatic rings. The van der Waals surface area contributed by atoms with Crippen molar-refractivity contribution in [2.24, 2.45) is 17.4 Å². The molecule has 1 aliphatic carbocycles. The highest BCUT2D eigenvalue weighted by Crippen LogP contribution is 2.31. The molecule has 1 heterocycles. The summed E-state index contributed by atoms with van der Waals surface area (Å²) in [4.78, 5) is 27.8. The third kappa shape index (κ3) is 4.78. The number of fused-ring (bicyclic) bond motifs is 1. The molecule has 1 aliphatic rings. The van der Waals surface area contributed by atoms with Gasteiger partial charge in [-0.25, -0.2) is 0 Å². The molecule has 5 nitrogen and oxygen atoms in total. The van der Waals surface area contributed by atoms with Crippen LogP contribution in [0.2, 0.25) is 5.02 Å². The van der Waals surface area contributed by atoms with E-state index >= 15 is 0 Å². The SMILES string of the molecule is NC(=O)C(Cc1ccc(Cc2cc(-c3cccc(Cl)c3)nc3c2CCC3)cc1)C(N)=O. The second kappa shape index (κ2) is 8.90. The fourth-order valence-electron chi connectivity index (χ4n) is 4.17. The van der Waals surface area contributed by atoms with Crippen LogP contribution in [-0.4, -0.2) is 16.8 Å². The number of hydrogen-bond acceptors (Lipinski definition) is 3. The second-order valence-electron chi connectivity index (χ2n) is 8.01. The number of halogens is 1. The van der Waals surface area contributed by atoms with Gasteiger partial charge in [-0.2, -0.15) is 0 Å². The fraction of sp³-hybridized carbons (Fsp3) is 0.240. The first kappa shape index (κ1) is 21.1. The van der Waals surface area contributed by atoms with Gasteiger partial charge in [-0.05, 0) is 72.6 Å². The molecule has 6 heteroatoms. The molecule has 0 atom stereocenters. The van der Waals surface area contributed by atoms with Gasteiger partial charge in [-0.1, -0.05) is 48.0 Å². The average Bonchev–Trinajstić information content (AvgIpc) is 3.22. The van der Waals surface area contributed by atoms with Crippen molar-refractivity contribution in [3.05, 3.63) is 87.6 Å². The van der Waals surface area contributed by atoms with E-state index in [2.05, 4.69) is 6.07 Å². The maximum atomic E-state index is 11.4. The first-order valence-electron chi connectivity index (χ1n) is 10.3. The molecular formula is C25H24ClN3O2. The molecule has 2 amide bonds. The molecular weight excluding hydrogens is 410 g/mol. The van der Waals surface area contributed by atoms with Gasteiger partial charge >= 0.3 is 0 Å². The summed E-state index contributed by atoms with van der Waals surface area (Å²) in [7, 11) is 0. The number of amides is 2. The topological polar surface area (TPSA) is 99.1 Å². The van der Waals surface area contributed by atoms with Crippen LogP contribution in [0.3, 0.4) is 0 Å². The Morgan fingerprint density at radius 1 is 0.968 bits per heavy atom. The zero-order chi connectivity index (χ0) is 22.0. The number of hydrogen-bond donors (Lipinski definition) is 2. The molecule has 0 fully saturated rings. The molecule has 4 N–H and O–H groups in total. The third-order valence-corrected chi connectivity index (χ3v) is 6.04. The monoisotopic (exact) mass is 433 g/mol. The Morgan fingerprint density at radius 3 is 2.35 bits per heavy atom. The average molecular weight is 434 g/mol. The lowest BCUT2D eigenvalue weighted by molar-refractivity contribution is -0.131. The zero-order valence-electron chi connectivity index (χ0n) is 17.1. The van der Waals surface area contributed by atoms with Crippen LogP contribution in [0.1, 0.15) is 34.4 Å². The van der Waals surface area contributed by atoms with E-state index < -0.39 is 17.7 Å². The van der Waals surface area contributed by atoms with E-state index in [-0.39, 0.29) is 6.42 Å². The van der Waals surface area contributed by atoms with Gasteiger partial charge in [0.15, 0.2) is 0 Å². The number of nitrogens with two attached hydrogens (primary N) is 2. The van der Waals surface area contributed by atoms with Crippen LogP contribution in [0.15, 0.2) is 54.6 Å². The van der Waals surface area contributed by atoms with E-state index in [9.17, 15) is 9.59 Å². The van der Waals surface area contributed by atoms with Gasteiger partial charge in [0.2, 0.25) is 11.8 Å². The van der Waals surface area contributed by atoms with Crippen LogP contribution >= 0.6 is 11.6 Å². The van der Waals surface area contributed by atoms with E-state index in [4.69, 9.17) is 28.1 Å². The molecule has 0 aliphatic heterocycles. The van der Waals surface area contributed by atoms with E-state index in [0.717, 1.165) is 48.1 Å². The molecule has 31 heavy (non-hydrogen) atoms. The molecule has 0 bridgehead atoms. The van der Waals surface area contributed by atoms with Crippen LogP contribution in [0.4, 0.5) is 0 Å². The Hall–Kier alpha value is -3.18. The normalized spacial score (nSPS) is 12.7. The summed E-state index contributed by atoms with van der Waals surface area (Å²) in [6.07, 6.45) is 4.17. The summed E-state index contributed by atoms with van der Waals surface area (Å²) in [6, 6.07) is 17.8. The van der Waals surface area contributed by atoms with Gasteiger partial charge in [0.05, 0.1) is 5.69 Å². The zero-order valence-corrected chi connectivity index (χ0v) is 17.9. The van der Waals surface area contributed by atoms with Crippen molar-refractivity contribution in [1.82, 2.24) is 4.98 Å². The van der Waals surface area contributed by atoms with E-state index in [1.165, 1.54) is 16.8 Å². The van der Waals surface area contributed by atoms with Gasteiger partial charge in [0.25, 0.3) is 0 Å². The summed E-state index contributed by atoms with van der Waals surface area (Å²) in [6.45, 7) is 0. The third-order valence-electron chi connectivity index (χ3n) is 5.81. The molecule has 0 spiro atoms. The van der Waals surface area contributed by atoms with Crippen molar-refractivity contribution < 1.29 is 9.59 Å². The fourth-order valence-corrected chi connectivity index (χ4v) is 4.36. The van der Waals surface area contributed by atoms with Crippen LogP contribution in [0.5, 0.6) is 0 Å². The van der Waals surface area contributed by atoms with Gasteiger partial charge in [0.1, 0.15) is 5.92 Å². The highest BCUT2D eigenvalue weighted by Gasteiger charge is 2.22. The van der Waals surface area contributed by atoms with E-state index in [1.807, 2.05) is 48.5 Å². The van der Waals surface area contributed by atoms with Gasteiger partial charge in [-0.3, -0.25) is 14.6 Å². The van der Waals surface area contributed by atoms with E-state index in [0.29, 0.717) is 5.02 Å². The number of nitrogens with zero attached hydrogens (tertiary/aromatic N) is 1.